The largest absolute Gasteiger partial charge is 0.496 e. The molecule has 144 valence electrons. The number of likely N-dealkylation sites (N-methyl/N-ethyl adjacent to an activating group) is 1. The Morgan fingerprint density at radius 3 is 2.59 bits per heavy atom. The summed E-state index contributed by atoms with van der Waals surface area (Å²) in [5.74, 6) is -0.00103. The fourth-order valence-corrected chi connectivity index (χ4v) is 3.72. The van der Waals surface area contributed by atoms with Crippen LogP contribution in [-0.2, 0) is 14.8 Å². The van der Waals surface area contributed by atoms with Gasteiger partial charge in [0.05, 0.1) is 24.8 Å². The zero-order valence-electron chi connectivity index (χ0n) is 14.5. The van der Waals surface area contributed by atoms with Crippen LogP contribution in [0.25, 0.3) is 0 Å². The standard InChI is InChI=1S/C17H17BrClN3O4S/c1-22(27(24,25)15-6-4-14(19)5-7-15)11-17(23)21-20-10-12-9-13(18)3-8-16(12)26-2/h3-10H,11H2,1-2H3,(H,21,23)/b20-10-. The van der Waals surface area contributed by atoms with E-state index in [0.717, 1.165) is 8.78 Å². The summed E-state index contributed by atoms with van der Waals surface area (Å²) in [5.41, 5.74) is 2.95. The third kappa shape index (κ3) is 5.77. The Bertz CT molecular complexity index is 949. The second kappa shape index (κ2) is 9.32. The highest BCUT2D eigenvalue weighted by Crippen LogP contribution is 2.21. The summed E-state index contributed by atoms with van der Waals surface area (Å²) in [7, 11) is -0.975. The van der Waals surface area contributed by atoms with Crippen LogP contribution in [0.2, 0.25) is 5.02 Å². The van der Waals surface area contributed by atoms with Gasteiger partial charge in [0.15, 0.2) is 0 Å². The molecule has 2 aromatic carbocycles. The lowest BCUT2D eigenvalue weighted by Crippen LogP contribution is -2.36. The number of rotatable bonds is 7. The minimum atomic E-state index is -3.81. The normalized spacial score (nSPS) is 11.7. The summed E-state index contributed by atoms with van der Waals surface area (Å²) in [6.45, 7) is -0.391. The first-order valence-corrected chi connectivity index (χ1v) is 10.2. The highest BCUT2D eigenvalue weighted by Gasteiger charge is 2.22. The van der Waals surface area contributed by atoms with Crippen molar-refractivity contribution >= 4 is 49.7 Å². The zero-order chi connectivity index (χ0) is 20.0. The van der Waals surface area contributed by atoms with Crippen LogP contribution in [0, 0.1) is 0 Å². The maximum Gasteiger partial charge on any atom is 0.255 e. The third-order valence-corrected chi connectivity index (χ3v) is 6.04. The van der Waals surface area contributed by atoms with Gasteiger partial charge in [0.25, 0.3) is 5.91 Å². The Hall–Kier alpha value is -1.94. The molecule has 2 rings (SSSR count). The van der Waals surface area contributed by atoms with Crippen molar-refractivity contribution in [2.45, 2.75) is 4.90 Å². The van der Waals surface area contributed by atoms with Gasteiger partial charge in [0.2, 0.25) is 10.0 Å². The van der Waals surface area contributed by atoms with Crippen LogP contribution in [0.15, 0.2) is 56.9 Å². The second-order valence-electron chi connectivity index (χ2n) is 5.39. The second-order valence-corrected chi connectivity index (χ2v) is 8.79. The highest BCUT2D eigenvalue weighted by molar-refractivity contribution is 9.10. The van der Waals surface area contributed by atoms with E-state index in [4.69, 9.17) is 16.3 Å². The SMILES string of the molecule is COc1ccc(Br)cc1/C=N\NC(=O)CN(C)S(=O)(=O)c1ccc(Cl)cc1. The van der Waals surface area contributed by atoms with Gasteiger partial charge in [-0.05, 0) is 42.5 Å². The molecule has 0 bridgehead atoms. The number of nitrogens with zero attached hydrogens (tertiary/aromatic N) is 2. The van der Waals surface area contributed by atoms with Crippen molar-refractivity contribution in [1.29, 1.82) is 0 Å². The number of benzene rings is 2. The number of hydrogen-bond donors (Lipinski definition) is 1. The fraction of sp³-hybridized carbons (Fsp3) is 0.176. The number of hydrazone groups is 1. The van der Waals surface area contributed by atoms with Gasteiger partial charge >= 0.3 is 0 Å². The molecule has 10 heteroatoms. The molecule has 0 aliphatic heterocycles. The Morgan fingerprint density at radius 2 is 1.96 bits per heavy atom. The Morgan fingerprint density at radius 1 is 1.30 bits per heavy atom. The zero-order valence-corrected chi connectivity index (χ0v) is 17.7. The molecule has 7 nitrogen and oxygen atoms in total. The molecule has 0 saturated heterocycles. The quantitative estimate of drug-likeness (QED) is 0.494. The summed E-state index contributed by atoms with van der Waals surface area (Å²) >= 11 is 9.11. The van der Waals surface area contributed by atoms with Crippen LogP contribution in [0.5, 0.6) is 5.75 Å². The molecule has 0 unspecified atom stereocenters. The summed E-state index contributed by atoms with van der Waals surface area (Å²) in [4.78, 5) is 12.1. The van der Waals surface area contributed by atoms with Crippen molar-refractivity contribution in [3.63, 3.8) is 0 Å². The Kier molecular flexibility index (Phi) is 7.37. The molecule has 0 aliphatic rings. The Balaban J connectivity index is 2.01. The summed E-state index contributed by atoms with van der Waals surface area (Å²) in [5, 5.41) is 4.27. The highest BCUT2D eigenvalue weighted by atomic mass is 79.9. The Labute approximate surface area is 171 Å². The monoisotopic (exact) mass is 473 g/mol. The van der Waals surface area contributed by atoms with Gasteiger partial charge in [-0.1, -0.05) is 27.5 Å². The van der Waals surface area contributed by atoms with E-state index >= 15 is 0 Å². The van der Waals surface area contributed by atoms with Gasteiger partial charge in [-0.15, -0.1) is 0 Å². The maximum atomic E-state index is 12.4. The van der Waals surface area contributed by atoms with E-state index in [0.29, 0.717) is 16.3 Å². The molecular weight excluding hydrogens is 458 g/mol. The molecule has 27 heavy (non-hydrogen) atoms. The number of nitrogens with one attached hydrogen (secondary N) is 1. The van der Waals surface area contributed by atoms with Crippen LogP contribution in [0.3, 0.4) is 0 Å². The van der Waals surface area contributed by atoms with Crippen molar-refractivity contribution in [1.82, 2.24) is 9.73 Å². The summed E-state index contributed by atoms with van der Waals surface area (Å²) in [6.07, 6.45) is 1.41. The van der Waals surface area contributed by atoms with E-state index in [1.807, 2.05) is 6.07 Å². The number of sulfonamides is 1. The molecule has 0 atom stereocenters. The average Bonchev–Trinajstić information content (AvgIpc) is 2.62. The molecule has 0 heterocycles. The number of carbonyl (C=O) groups is 1. The minimum Gasteiger partial charge on any atom is -0.496 e. The first-order chi connectivity index (χ1) is 12.7. The minimum absolute atomic E-state index is 0.0459. The molecule has 0 saturated carbocycles. The third-order valence-electron chi connectivity index (χ3n) is 3.47. The van der Waals surface area contributed by atoms with Crippen LogP contribution in [0.1, 0.15) is 5.56 Å². The molecule has 0 fully saturated rings. The van der Waals surface area contributed by atoms with Crippen LogP contribution >= 0.6 is 27.5 Å². The van der Waals surface area contributed by atoms with Gasteiger partial charge in [0.1, 0.15) is 5.75 Å². The number of carbonyl (C=O) groups excluding carboxylic acids is 1. The average molecular weight is 475 g/mol. The van der Waals surface area contributed by atoms with Crippen molar-refractivity contribution in [3.8, 4) is 5.75 Å². The van der Waals surface area contributed by atoms with Gasteiger partial charge in [-0.2, -0.15) is 9.41 Å². The van der Waals surface area contributed by atoms with Gasteiger partial charge in [-0.25, -0.2) is 13.8 Å². The first-order valence-electron chi connectivity index (χ1n) is 7.61. The van der Waals surface area contributed by atoms with Gasteiger partial charge in [0, 0.05) is 22.1 Å². The van der Waals surface area contributed by atoms with E-state index in [2.05, 4.69) is 26.5 Å². The lowest BCUT2D eigenvalue weighted by Gasteiger charge is -2.16. The van der Waals surface area contributed by atoms with E-state index in [1.165, 1.54) is 44.6 Å². The van der Waals surface area contributed by atoms with Gasteiger partial charge in [-0.3, -0.25) is 4.79 Å². The number of amides is 1. The lowest BCUT2D eigenvalue weighted by molar-refractivity contribution is -0.121. The fourth-order valence-electron chi connectivity index (χ4n) is 2.09. The van der Waals surface area contributed by atoms with Crippen molar-refractivity contribution in [2.75, 3.05) is 20.7 Å². The molecule has 1 N–H and O–H groups in total. The molecule has 2 aromatic rings. The molecule has 0 radical (unpaired) electrons. The molecule has 0 aromatic heterocycles. The van der Waals surface area contributed by atoms with Crippen LogP contribution < -0.4 is 10.2 Å². The molecule has 0 spiro atoms. The van der Waals surface area contributed by atoms with Crippen molar-refractivity contribution in [2.24, 2.45) is 5.10 Å². The van der Waals surface area contributed by atoms with Crippen LogP contribution in [0.4, 0.5) is 0 Å². The molecular formula is C17H17BrClN3O4S. The van der Waals surface area contributed by atoms with E-state index in [1.54, 1.807) is 12.1 Å². The molecule has 1 amide bonds. The predicted molar refractivity (Wildman–Crippen MR) is 108 cm³/mol. The maximum absolute atomic E-state index is 12.4. The number of methoxy groups -OCH3 is 1. The molecule has 0 aliphatic carbocycles. The van der Waals surface area contributed by atoms with E-state index in [9.17, 15) is 13.2 Å². The summed E-state index contributed by atoms with van der Waals surface area (Å²) < 4.78 is 31.8. The number of halogens is 2. The van der Waals surface area contributed by atoms with E-state index < -0.39 is 22.5 Å². The number of ether oxygens (including phenoxy) is 1. The first kappa shape index (κ1) is 21.4. The van der Waals surface area contributed by atoms with Gasteiger partial charge < -0.3 is 4.74 Å². The number of hydrogen-bond acceptors (Lipinski definition) is 5. The van der Waals surface area contributed by atoms with Crippen LogP contribution in [-0.4, -0.2) is 45.5 Å². The summed E-state index contributed by atoms with van der Waals surface area (Å²) in [6, 6.07) is 11.0. The van der Waals surface area contributed by atoms with Crippen molar-refractivity contribution in [3.05, 3.63) is 57.5 Å². The topological polar surface area (TPSA) is 88.1 Å². The lowest BCUT2D eigenvalue weighted by atomic mass is 10.2. The van der Waals surface area contributed by atoms with E-state index in [-0.39, 0.29) is 4.90 Å². The smallest absolute Gasteiger partial charge is 0.255 e. The van der Waals surface area contributed by atoms with Crippen molar-refractivity contribution < 1.29 is 17.9 Å². The predicted octanol–water partition coefficient (Wildman–Crippen LogP) is 2.88.